The number of aryl methyl sites for hydroxylation is 1. The second-order valence-corrected chi connectivity index (χ2v) is 10.0. The quantitative estimate of drug-likeness (QED) is 0.373. The van der Waals surface area contributed by atoms with Crippen molar-refractivity contribution in [1.82, 2.24) is 9.55 Å². The van der Waals surface area contributed by atoms with E-state index >= 15 is 0 Å². The molecule has 1 N–H and O–H groups in total. The Balaban J connectivity index is 1.36. The van der Waals surface area contributed by atoms with Crippen molar-refractivity contribution in [2.75, 3.05) is 11.6 Å². The van der Waals surface area contributed by atoms with Crippen molar-refractivity contribution in [2.45, 2.75) is 45.6 Å². The molecule has 3 aliphatic rings. The predicted octanol–water partition coefficient (Wildman–Crippen LogP) is 3.74. The van der Waals surface area contributed by atoms with Crippen LogP contribution in [0.4, 0.5) is 5.69 Å². The SMILES string of the molecule is CC[C@@]1(O)C(=O)OCc2c1cc1n(c2=O)Cc2cc3c4c(ccc3nc2-1)OCN(c1cccc(C)c1)C4. The number of carbonyl (C=O) groups excluding carboxylic acids is 1. The molecule has 0 radical (unpaired) electrons. The smallest absolute Gasteiger partial charge is 0.343 e. The second kappa shape index (κ2) is 7.66. The number of cyclic esters (lactones) is 1. The minimum absolute atomic E-state index is 0.114. The number of nitrogens with zero attached hydrogens (tertiary/aromatic N) is 3. The van der Waals surface area contributed by atoms with Gasteiger partial charge in [-0.2, -0.15) is 0 Å². The van der Waals surface area contributed by atoms with Gasteiger partial charge in [-0.1, -0.05) is 19.1 Å². The van der Waals surface area contributed by atoms with Crippen molar-refractivity contribution >= 4 is 22.6 Å². The first-order valence-corrected chi connectivity index (χ1v) is 12.4. The monoisotopic (exact) mass is 495 g/mol. The minimum atomic E-state index is -1.84. The molecule has 1 atom stereocenters. The lowest BCUT2D eigenvalue weighted by Crippen LogP contribution is -2.44. The summed E-state index contributed by atoms with van der Waals surface area (Å²) in [5.41, 5.74) is 4.92. The van der Waals surface area contributed by atoms with Crippen LogP contribution in [-0.4, -0.2) is 27.4 Å². The molecule has 2 aromatic heterocycles. The van der Waals surface area contributed by atoms with Crippen LogP contribution in [0.25, 0.3) is 22.3 Å². The lowest BCUT2D eigenvalue weighted by atomic mass is 9.86. The van der Waals surface area contributed by atoms with Crippen LogP contribution in [0.2, 0.25) is 0 Å². The van der Waals surface area contributed by atoms with E-state index in [2.05, 4.69) is 36.1 Å². The lowest BCUT2D eigenvalue weighted by molar-refractivity contribution is -0.172. The first-order valence-electron chi connectivity index (χ1n) is 12.4. The number of ether oxygens (including phenoxy) is 2. The third-order valence-corrected chi connectivity index (χ3v) is 7.85. The normalized spacial score (nSPS) is 19.5. The molecule has 0 amide bonds. The van der Waals surface area contributed by atoms with Crippen molar-refractivity contribution in [3.8, 4) is 17.1 Å². The highest BCUT2D eigenvalue weighted by Gasteiger charge is 2.45. The summed E-state index contributed by atoms with van der Waals surface area (Å²) in [6.45, 7) is 5.15. The number of aromatic nitrogens is 2. The Kier molecular flexibility index (Phi) is 4.57. The van der Waals surface area contributed by atoms with Gasteiger partial charge in [0, 0.05) is 27.8 Å². The Hall–Kier alpha value is -4.17. The van der Waals surface area contributed by atoms with E-state index in [1.54, 1.807) is 17.6 Å². The van der Waals surface area contributed by atoms with Crippen LogP contribution in [0, 0.1) is 6.92 Å². The van der Waals surface area contributed by atoms with Crippen molar-refractivity contribution in [3.05, 3.63) is 86.7 Å². The third-order valence-electron chi connectivity index (χ3n) is 7.85. The molecule has 0 unspecified atom stereocenters. The van der Waals surface area contributed by atoms with Crippen molar-refractivity contribution in [1.29, 1.82) is 0 Å². The molecule has 0 saturated heterocycles. The number of anilines is 1. The van der Waals surface area contributed by atoms with Gasteiger partial charge in [0.05, 0.1) is 35.6 Å². The molecular weight excluding hydrogens is 470 g/mol. The molecule has 2 aromatic carbocycles. The van der Waals surface area contributed by atoms with Gasteiger partial charge in [-0.25, -0.2) is 9.78 Å². The van der Waals surface area contributed by atoms with E-state index in [4.69, 9.17) is 14.5 Å². The zero-order valence-corrected chi connectivity index (χ0v) is 20.6. The number of hydrogen-bond acceptors (Lipinski definition) is 7. The number of benzene rings is 2. The predicted molar refractivity (Wildman–Crippen MR) is 137 cm³/mol. The summed E-state index contributed by atoms with van der Waals surface area (Å²) in [7, 11) is 0. The Morgan fingerprint density at radius 3 is 2.73 bits per heavy atom. The van der Waals surface area contributed by atoms with E-state index in [1.807, 2.05) is 18.2 Å². The summed E-state index contributed by atoms with van der Waals surface area (Å²) in [5, 5.41) is 12.1. The van der Waals surface area contributed by atoms with Crippen LogP contribution in [0.15, 0.2) is 53.3 Å². The van der Waals surface area contributed by atoms with Gasteiger partial charge in [-0.15, -0.1) is 0 Å². The lowest BCUT2D eigenvalue weighted by Gasteiger charge is -2.32. The molecule has 0 fully saturated rings. The van der Waals surface area contributed by atoms with Crippen molar-refractivity contribution < 1.29 is 19.4 Å². The minimum Gasteiger partial charge on any atom is -0.473 e. The molecule has 37 heavy (non-hydrogen) atoms. The highest BCUT2D eigenvalue weighted by Crippen LogP contribution is 2.40. The maximum absolute atomic E-state index is 13.4. The highest BCUT2D eigenvalue weighted by atomic mass is 16.6. The molecule has 4 aromatic rings. The van der Waals surface area contributed by atoms with Crippen LogP contribution < -0.4 is 15.2 Å². The van der Waals surface area contributed by atoms with E-state index in [-0.39, 0.29) is 18.6 Å². The van der Waals surface area contributed by atoms with Crippen LogP contribution in [0.1, 0.15) is 41.2 Å². The average molecular weight is 496 g/mol. The third kappa shape index (κ3) is 3.08. The molecule has 8 nitrogen and oxygen atoms in total. The number of esters is 1. The summed E-state index contributed by atoms with van der Waals surface area (Å²) in [5.74, 6) is 0.117. The average Bonchev–Trinajstić information content (AvgIpc) is 3.27. The fourth-order valence-corrected chi connectivity index (χ4v) is 5.76. The molecule has 3 aliphatic heterocycles. The van der Waals surface area contributed by atoms with Gasteiger partial charge in [0.25, 0.3) is 5.56 Å². The summed E-state index contributed by atoms with van der Waals surface area (Å²) in [4.78, 5) is 33.0. The highest BCUT2D eigenvalue weighted by molar-refractivity contribution is 5.90. The number of aliphatic hydroxyl groups is 1. The van der Waals surface area contributed by atoms with Crippen LogP contribution >= 0.6 is 0 Å². The Labute approximate surface area is 212 Å². The fourth-order valence-electron chi connectivity index (χ4n) is 5.76. The topological polar surface area (TPSA) is 93.9 Å². The number of hydrogen-bond donors (Lipinski definition) is 1. The zero-order chi connectivity index (χ0) is 25.5. The van der Waals surface area contributed by atoms with E-state index in [0.717, 1.165) is 33.5 Å². The summed E-state index contributed by atoms with van der Waals surface area (Å²) in [6.07, 6.45) is 0.114. The van der Waals surface area contributed by atoms with Gasteiger partial charge in [-0.3, -0.25) is 4.79 Å². The summed E-state index contributed by atoms with van der Waals surface area (Å²) >= 11 is 0. The van der Waals surface area contributed by atoms with Crippen molar-refractivity contribution in [3.63, 3.8) is 0 Å². The van der Waals surface area contributed by atoms with E-state index < -0.39 is 11.6 Å². The number of pyridine rings is 2. The maximum Gasteiger partial charge on any atom is 0.343 e. The van der Waals surface area contributed by atoms with Gasteiger partial charge >= 0.3 is 5.97 Å². The first-order chi connectivity index (χ1) is 17.9. The molecular formula is C29H25N3O5. The molecule has 0 saturated carbocycles. The zero-order valence-electron chi connectivity index (χ0n) is 20.6. The maximum atomic E-state index is 13.4. The standard InChI is InChI=1S/C29H25N3O5/c1-3-29(35)22-11-24-26-17(12-32(24)27(33)21(22)14-36-28(29)34)10-19-20-13-31(18-6-4-5-16(2)9-18)15-37-25(20)8-7-23(19)30-26/h4-11,35H,3,12-15H2,1-2H3/t29-/m0/s1. The van der Waals surface area contributed by atoms with E-state index in [9.17, 15) is 14.7 Å². The van der Waals surface area contributed by atoms with Crippen molar-refractivity contribution in [2.24, 2.45) is 0 Å². The Morgan fingerprint density at radius 2 is 1.92 bits per heavy atom. The van der Waals surface area contributed by atoms with Crippen LogP contribution in [0.3, 0.4) is 0 Å². The summed E-state index contributed by atoms with van der Waals surface area (Å²) < 4.78 is 13.0. The van der Waals surface area contributed by atoms with E-state index in [0.29, 0.717) is 42.3 Å². The van der Waals surface area contributed by atoms with Gasteiger partial charge < -0.3 is 24.0 Å². The molecule has 0 bridgehead atoms. The first kappa shape index (κ1) is 22.1. The molecule has 5 heterocycles. The van der Waals surface area contributed by atoms with E-state index in [1.165, 1.54) is 5.56 Å². The molecule has 7 rings (SSSR count). The van der Waals surface area contributed by atoms with Crippen LogP contribution in [0.5, 0.6) is 5.75 Å². The van der Waals surface area contributed by atoms with Gasteiger partial charge in [0.1, 0.15) is 12.4 Å². The largest absolute Gasteiger partial charge is 0.473 e. The molecule has 186 valence electrons. The molecule has 0 spiro atoms. The van der Waals surface area contributed by atoms with Gasteiger partial charge in [-0.05, 0) is 55.3 Å². The molecule has 0 aliphatic carbocycles. The second-order valence-electron chi connectivity index (χ2n) is 10.0. The number of fused-ring (bicyclic) bond motifs is 7. The fraction of sp³-hybridized carbons (Fsp3) is 0.276. The Bertz CT molecular complexity index is 1710. The Morgan fingerprint density at radius 1 is 1.05 bits per heavy atom. The summed E-state index contributed by atoms with van der Waals surface area (Å²) in [6, 6.07) is 16.1. The molecule has 8 heteroatoms. The van der Waals surface area contributed by atoms with Crippen LogP contribution in [-0.2, 0) is 34.8 Å². The number of carbonyl (C=O) groups is 1. The number of rotatable bonds is 2. The van der Waals surface area contributed by atoms with Gasteiger partial charge in [0.2, 0.25) is 0 Å². The van der Waals surface area contributed by atoms with Gasteiger partial charge in [0.15, 0.2) is 12.3 Å².